The maximum atomic E-state index is 9.82. The third-order valence-corrected chi connectivity index (χ3v) is 2.84. The summed E-state index contributed by atoms with van der Waals surface area (Å²) in [6.07, 6.45) is 0. The first-order valence-electron chi connectivity index (χ1n) is 5.58. The molecule has 0 aliphatic rings. The quantitative estimate of drug-likeness (QED) is 0.739. The fraction of sp³-hybridized carbons (Fsp3) is 0.917. The fourth-order valence-corrected chi connectivity index (χ4v) is 0.870. The van der Waals surface area contributed by atoms with Crippen molar-refractivity contribution in [3.63, 3.8) is 0 Å². The number of carbonyl (C=O) groups is 1. The molecule has 0 bridgehead atoms. The third-order valence-electron chi connectivity index (χ3n) is 2.84. The van der Waals surface area contributed by atoms with E-state index in [1.165, 1.54) is 6.92 Å². The van der Waals surface area contributed by atoms with Crippen molar-refractivity contribution in [1.82, 2.24) is 0 Å². The van der Waals surface area contributed by atoms with Crippen LogP contribution in [0, 0.1) is 11.8 Å². The molecule has 15 heavy (non-hydrogen) atoms. The molecular weight excluding hydrogens is 190 g/mol. The van der Waals surface area contributed by atoms with Gasteiger partial charge in [0.15, 0.2) is 0 Å². The molecule has 0 fully saturated rings. The summed E-state index contributed by atoms with van der Waals surface area (Å²) in [4.78, 5) is 9.82. The summed E-state index contributed by atoms with van der Waals surface area (Å²) in [6, 6.07) is 0. The molecule has 0 atom stereocenters. The number of hydrogen-bond donors (Lipinski definition) is 1. The molecule has 0 spiro atoms. The molecule has 0 rings (SSSR count). The van der Waals surface area contributed by atoms with Crippen molar-refractivity contribution in [2.45, 2.75) is 54.0 Å². The van der Waals surface area contributed by atoms with Gasteiger partial charge in [-0.25, -0.2) is 0 Å². The molecule has 2 N–H and O–H groups in total. The standard InChI is InChI=1S/C8H19N.C4H8O2/c1-6(2)8(5,9)7(3)4;1-3-6-4(2)5/h6-7H,9H2,1-5H3;3H2,1-2H3. The summed E-state index contributed by atoms with van der Waals surface area (Å²) in [5, 5.41) is 0. The number of rotatable bonds is 3. The van der Waals surface area contributed by atoms with Crippen molar-refractivity contribution in [3.05, 3.63) is 0 Å². The Kier molecular flexibility index (Phi) is 8.63. The Balaban J connectivity index is 0. The molecule has 0 saturated carbocycles. The van der Waals surface area contributed by atoms with Gasteiger partial charge in [0.25, 0.3) is 0 Å². The molecule has 0 unspecified atom stereocenters. The third kappa shape index (κ3) is 8.43. The first-order chi connectivity index (χ1) is 6.66. The van der Waals surface area contributed by atoms with Gasteiger partial charge >= 0.3 is 5.97 Å². The van der Waals surface area contributed by atoms with Crippen LogP contribution in [0.15, 0.2) is 0 Å². The van der Waals surface area contributed by atoms with Crippen LogP contribution >= 0.6 is 0 Å². The maximum Gasteiger partial charge on any atom is 0.302 e. The second-order valence-electron chi connectivity index (χ2n) is 4.60. The summed E-state index contributed by atoms with van der Waals surface area (Å²) in [7, 11) is 0. The smallest absolute Gasteiger partial charge is 0.302 e. The van der Waals surface area contributed by atoms with Crippen LogP contribution in [0.4, 0.5) is 0 Å². The van der Waals surface area contributed by atoms with Crippen LogP contribution in [0.1, 0.15) is 48.5 Å². The molecule has 0 aliphatic carbocycles. The molecule has 0 saturated heterocycles. The number of hydrogen-bond acceptors (Lipinski definition) is 3. The zero-order valence-corrected chi connectivity index (χ0v) is 11.3. The minimum Gasteiger partial charge on any atom is -0.466 e. The van der Waals surface area contributed by atoms with E-state index in [1.807, 2.05) is 0 Å². The summed E-state index contributed by atoms with van der Waals surface area (Å²) >= 11 is 0. The second kappa shape index (κ2) is 7.69. The highest BCUT2D eigenvalue weighted by Gasteiger charge is 2.26. The van der Waals surface area contributed by atoms with E-state index in [2.05, 4.69) is 39.4 Å². The van der Waals surface area contributed by atoms with Crippen LogP contribution in [0.2, 0.25) is 0 Å². The van der Waals surface area contributed by atoms with Crippen molar-refractivity contribution in [2.24, 2.45) is 17.6 Å². The molecule has 0 aromatic carbocycles. The molecule has 0 heterocycles. The maximum absolute atomic E-state index is 9.82. The van der Waals surface area contributed by atoms with Crippen LogP contribution in [-0.4, -0.2) is 18.1 Å². The van der Waals surface area contributed by atoms with Crippen molar-refractivity contribution >= 4 is 5.97 Å². The average molecular weight is 217 g/mol. The van der Waals surface area contributed by atoms with E-state index >= 15 is 0 Å². The van der Waals surface area contributed by atoms with E-state index in [-0.39, 0.29) is 11.5 Å². The van der Waals surface area contributed by atoms with Crippen LogP contribution < -0.4 is 5.73 Å². The van der Waals surface area contributed by atoms with Crippen molar-refractivity contribution in [2.75, 3.05) is 6.61 Å². The predicted octanol–water partition coefficient (Wildman–Crippen LogP) is 2.59. The van der Waals surface area contributed by atoms with Gasteiger partial charge in [0.2, 0.25) is 0 Å². The zero-order chi connectivity index (χ0) is 12.6. The summed E-state index contributed by atoms with van der Waals surface area (Å²) in [5.41, 5.74) is 6.00. The molecule has 0 aliphatic heterocycles. The van der Waals surface area contributed by atoms with Crippen LogP contribution in [0.25, 0.3) is 0 Å². The summed E-state index contributed by atoms with van der Waals surface area (Å²) in [6.45, 7) is 14.4. The molecule has 0 aromatic heterocycles. The van der Waals surface area contributed by atoms with Crippen molar-refractivity contribution < 1.29 is 9.53 Å². The van der Waals surface area contributed by atoms with E-state index in [4.69, 9.17) is 5.73 Å². The highest BCUT2D eigenvalue weighted by molar-refractivity contribution is 5.65. The molecule has 0 aromatic rings. The van der Waals surface area contributed by atoms with Gasteiger partial charge in [-0.1, -0.05) is 27.7 Å². The first kappa shape index (κ1) is 16.8. The number of nitrogens with two attached hydrogens (primary N) is 1. The summed E-state index contributed by atoms with van der Waals surface area (Å²) in [5.74, 6) is 0.924. The number of ether oxygens (including phenoxy) is 1. The first-order valence-corrected chi connectivity index (χ1v) is 5.58. The van der Waals surface area contributed by atoms with Crippen LogP contribution in [0.5, 0.6) is 0 Å². The monoisotopic (exact) mass is 217 g/mol. The lowest BCUT2D eigenvalue weighted by molar-refractivity contribution is -0.140. The van der Waals surface area contributed by atoms with Gasteiger partial charge in [-0.15, -0.1) is 0 Å². The Bertz CT molecular complexity index is 164. The van der Waals surface area contributed by atoms with Crippen molar-refractivity contribution in [1.29, 1.82) is 0 Å². The molecule has 3 heteroatoms. The van der Waals surface area contributed by atoms with Gasteiger partial charge in [-0.05, 0) is 25.7 Å². The Morgan fingerprint density at radius 1 is 1.27 bits per heavy atom. The van der Waals surface area contributed by atoms with E-state index in [0.29, 0.717) is 18.4 Å². The molecular formula is C12H27NO2. The highest BCUT2D eigenvalue weighted by Crippen LogP contribution is 2.21. The molecule has 0 radical (unpaired) electrons. The number of esters is 1. The van der Waals surface area contributed by atoms with Gasteiger partial charge in [0, 0.05) is 12.5 Å². The lowest BCUT2D eigenvalue weighted by Gasteiger charge is -2.33. The van der Waals surface area contributed by atoms with E-state index in [9.17, 15) is 4.79 Å². The lowest BCUT2D eigenvalue weighted by atomic mass is 9.80. The summed E-state index contributed by atoms with van der Waals surface area (Å²) < 4.78 is 4.40. The van der Waals surface area contributed by atoms with Gasteiger partial charge in [-0.3, -0.25) is 4.79 Å². The van der Waals surface area contributed by atoms with Gasteiger partial charge in [-0.2, -0.15) is 0 Å². The van der Waals surface area contributed by atoms with Gasteiger partial charge < -0.3 is 10.5 Å². The van der Waals surface area contributed by atoms with Gasteiger partial charge in [0.05, 0.1) is 6.61 Å². The van der Waals surface area contributed by atoms with Crippen LogP contribution in [0.3, 0.4) is 0 Å². The Labute approximate surface area is 94.4 Å². The predicted molar refractivity (Wildman–Crippen MR) is 64.6 cm³/mol. The topological polar surface area (TPSA) is 52.3 Å². The molecule has 3 nitrogen and oxygen atoms in total. The minimum atomic E-state index is -0.211. The van der Waals surface area contributed by atoms with E-state index in [0.717, 1.165) is 0 Å². The second-order valence-corrected chi connectivity index (χ2v) is 4.60. The Morgan fingerprint density at radius 3 is 1.60 bits per heavy atom. The van der Waals surface area contributed by atoms with Crippen molar-refractivity contribution in [3.8, 4) is 0 Å². The van der Waals surface area contributed by atoms with E-state index < -0.39 is 0 Å². The molecule has 0 amide bonds. The minimum absolute atomic E-state index is 0.000000000000000222. The Hall–Kier alpha value is -0.570. The van der Waals surface area contributed by atoms with Gasteiger partial charge in [0.1, 0.15) is 0 Å². The molecule has 92 valence electrons. The Morgan fingerprint density at radius 2 is 1.60 bits per heavy atom. The lowest BCUT2D eigenvalue weighted by Crippen LogP contribution is -2.46. The normalized spacial score (nSPS) is 11.1. The fourth-order valence-electron chi connectivity index (χ4n) is 0.870. The SMILES string of the molecule is CC(C)C(C)(N)C(C)C.CCOC(C)=O. The average Bonchev–Trinajstić information content (AvgIpc) is 2.04. The highest BCUT2D eigenvalue weighted by atomic mass is 16.5. The number of carbonyl (C=O) groups excluding carboxylic acids is 1. The zero-order valence-electron chi connectivity index (χ0n) is 11.3. The van der Waals surface area contributed by atoms with Crippen LogP contribution in [-0.2, 0) is 9.53 Å². The largest absolute Gasteiger partial charge is 0.466 e. The van der Waals surface area contributed by atoms with E-state index in [1.54, 1.807) is 6.92 Å².